The summed E-state index contributed by atoms with van der Waals surface area (Å²) in [5.41, 5.74) is 0.770. The molecule has 0 aromatic heterocycles. The highest BCUT2D eigenvalue weighted by atomic mass is 16.6. The van der Waals surface area contributed by atoms with E-state index in [0.717, 1.165) is 29.7 Å². The lowest BCUT2D eigenvalue weighted by atomic mass is 9.70. The van der Waals surface area contributed by atoms with Crippen LogP contribution in [0.4, 0.5) is 22.7 Å². The average Bonchev–Trinajstić information content (AvgIpc) is 2.82. The summed E-state index contributed by atoms with van der Waals surface area (Å²) in [6, 6.07) is 16.7. The number of nitro benzene ring substituents is 2. The van der Waals surface area contributed by atoms with Gasteiger partial charge in [-0.2, -0.15) is 0 Å². The first-order valence-corrected chi connectivity index (χ1v) is 12.3. The monoisotopic (exact) mass is 518 g/mol. The predicted molar refractivity (Wildman–Crippen MR) is 148 cm³/mol. The number of aromatic hydroxyl groups is 1. The van der Waals surface area contributed by atoms with Gasteiger partial charge in [-0.15, -0.1) is 10.2 Å². The molecule has 0 bridgehead atoms. The lowest BCUT2D eigenvalue weighted by Gasteiger charge is -2.35. The van der Waals surface area contributed by atoms with Gasteiger partial charge in [0.15, 0.2) is 5.69 Å². The SMILES string of the molecule is CC(C)(C)CC(C)(C)c1cc(N=Nc2ccc([N+](=O)[O-])cc2[N+](=O)[O-])c(O)c(C(C)(C)c2ccccc2)c1. The molecule has 0 aliphatic heterocycles. The Kier molecular flexibility index (Phi) is 7.72. The van der Waals surface area contributed by atoms with Crippen LogP contribution in [0, 0.1) is 25.6 Å². The van der Waals surface area contributed by atoms with Crippen LogP contribution in [0.3, 0.4) is 0 Å². The summed E-state index contributed by atoms with van der Waals surface area (Å²) in [6.45, 7) is 14.8. The summed E-state index contributed by atoms with van der Waals surface area (Å²) >= 11 is 0. The number of azo groups is 1. The highest BCUT2D eigenvalue weighted by Gasteiger charge is 2.33. The van der Waals surface area contributed by atoms with E-state index in [1.54, 1.807) is 6.07 Å². The van der Waals surface area contributed by atoms with Crippen molar-refractivity contribution >= 4 is 22.7 Å². The number of hydrogen-bond donors (Lipinski definition) is 1. The summed E-state index contributed by atoms with van der Waals surface area (Å²) < 4.78 is 0. The van der Waals surface area contributed by atoms with Gasteiger partial charge in [0, 0.05) is 17.0 Å². The molecule has 0 atom stereocenters. The Morgan fingerprint density at radius 1 is 0.763 bits per heavy atom. The molecular formula is C29H34N4O5. The van der Waals surface area contributed by atoms with Crippen molar-refractivity contribution in [1.82, 2.24) is 0 Å². The minimum absolute atomic E-state index is 0.0253. The summed E-state index contributed by atoms with van der Waals surface area (Å²) in [5.74, 6) is -0.0810. The van der Waals surface area contributed by atoms with Gasteiger partial charge in [0.25, 0.3) is 5.69 Å². The first-order valence-electron chi connectivity index (χ1n) is 12.3. The molecule has 0 aliphatic carbocycles. The number of non-ortho nitro benzene ring substituents is 1. The summed E-state index contributed by atoms with van der Waals surface area (Å²) in [6.07, 6.45) is 0.848. The van der Waals surface area contributed by atoms with E-state index in [0.29, 0.717) is 5.56 Å². The molecule has 0 heterocycles. The lowest BCUT2D eigenvalue weighted by Crippen LogP contribution is -2.26. The van der Waals surface area contributed by atoms with Gasteiger partial charge in [0.1, 0.15) is 11.4 Å². The third-order valence-electron chi connectivity index (χ3n) is 6.64. The third kappa shape index (κ3) is 6.22. The van der Waals surface area contributed by atoms with Crippen LogP contribution in [-0.4, -0.2) is 15.0 Å². The number of phenolic OH excluding ortho intramolecular Hbond substituents is 1. The number of rotatable bonds is 8. The summed E-state index contributed by atoms with van der Waals surface area (Å²) in [4.78, 5) is 21.2. The molecule has 3 rings (SSSR count). The number of hydrogen-bond acceptors (Lipinski definition) is 7. The van der Waals surface area contributed by atoms with Crippen molar-refractivity contribution in [2.45, 2.75) is 65.7 Å². The number of benzene rings is 3. The minimum Gasteiger partial charge on any atom is -0.505 e. The first-order chi connectivity index (χ1) is 17.5. The molecule has 200 valence electrons. The number of nitro groups is 2. The second-order valence-electron chi connectivity index (χ2n) is 11.9. The van der Waals surface area contributed by atoms with E-state index >= 15 is 0 Å². The minimum atomic E-state index is -0.742. The Morgan fingerprint density at radius 2 is 1.37 bits per heavy atom. The highest BCUT2D eigenvalue weighted by Crippen LogP contribution is 2.47. The van der Waals surface area contributed by atoms with E-state index < -0.39 is 26.6 Å². The molecule has 3 aromatic carbocycles. The fraction of sp³-hybridized carbons (Fsp3) is 0.379. The standard InChI is InChI=1S/C29H34N4O5/c1-27(2,3)18-28(4,5)20-15-22(29(6,7)19-11-9-8-10-12-19)26(34)24(16-20)31-30-23-14-13-21(32(35)36)17-25(23)33(37)38/h8-17,34H,18H2,1-7H3. The van der Waals surface area contributed by atoms with Gasteiger partial charge in [0.2, 0.25) is 0 Å². The molecule has 38 heavy (non-hydrogen) atoms. The van der Waals surface area contributed by atoms with Gasteiger partial charge >= 0.3 is 5.69 Å². The highest BCUT2D eigenvalue weighted by molar-refractivity contribution is 5.64. The van der Waals surface area contributed by atoms with Crippen LogP contribution in [0.1, 0.15) is 71.6 Å². The molecular weight excluding hydrogens is 484 g/mol. The van der Waals surface area contributed by atoms with Crippen LogP contribution in [0.15, 0.2) is 70.9 Å². The molecule has 0 fully saturated rings. The first kappa shape index (κ1) is 28.4. The van der Waals surface area contributed by atoms with Crippen LogP contribution < -0.4 is 0 Å². The molecule has 9 nitrogen and oxygen atoms in total. The third-order valence-corrected chi connectivity index (χ3v) is 6.64. The normalized spacial score (nSPS) is 12.6. The maximum Gasteiger partial charge on any atom is 0.303 e. The van der Waals surface area contributed by atoms with Gasteiger partial charge in [-0.05, 0) is 40.5 Å². The molecule has 0 saturated carbocycles. The van der Waals surface area contributed by atoms with Gasteiger partial charge in [0.05, 0.1) is 15.9 Å². The Balaban J connectivity index is 2.23. The molecule has 1 N–H and O–H groups in total. The zero-order chi connectivity index (χ0) is 28.5. The van der Waals surface area contributed by atoms with Crippen LogP contribution in [0.2, 0.25) is 0 Å². The molecule has 9 heteroatoms. The van der Waals surface area contributed by atoms with Crippen molar-refractivity contribution < 1.29 is 15.0 Å². The fourth-order valence-electron chi connectivity index (χ4n) is 4.96. The molecule has 0 spiro atoms. The summed E-state index contributed by atoms with van der Waals surface area (Å²) in [5, 5.41) is 42.3. The van der Waals surface area contributed by atoms with E-state index in [-0.39, 0.29) is 28.0 Å². The Morgan fingerprint density at radius 3 is 1.92 bits per heavy atom. The number of nitrogens with zero attached hydrogens (tertiary/aromatic N) is 4. The molecule has 3 aromatic rings. The Labute approximate surface area is 222 Å². The van der Waals surface area contributed by atoms with Crippen molar-refractivity contribution in [3.63, 3.8) is 0 Å². The van der Waals surface area contributed by atoms with Gasteiger partial charge in [-0.25, -0.2) is 0 Å². The van der Waals surface area contributed by atoms with E-state index in [4.69, 9.17) is 0 Å². The molecule has 0 unspecified atom stereocenters. The Bertz CT molecular complexity index is 1390. The molecule has 0 aliphatic rings. The van der Waals surface area contributed by atoms with Crippen molar-refractivity contribution in [3.8, 4) is 5.75 Å². The molecule has 0 radical (unpaired) electrons. The quantitative estimate of drug-likeness (QED) is 0.181. The van der Waals surface area contributed by atoms with Crippen LogP contribution >= 0.6 is 0 Å². The van der Waals surface area contributed by atoms with E-state index in [2.05, 4.69) is 44.8 Å². The van der Waals surface area contributed by atoms with Gasteiger partial charge in [-0.3, -0.25) is 20.2 Å². The van der Waals surface area contributed by atoms with Gasteiger partial charge < -0.3 is 5.11 Å². The van der Waals surface area contributed by atoms with Crippen molar-refractivity contribution in [2.75, 3.05) is 0 Å². The van der Waals surface area contributed by atoms with Crippen molar-refractivity contribution in [1.29, 1.82) is 0 Å². The average molecular weight is 519 g/mol. The van der Waals surface area contributed by atoms with Crippen LogP contribution in [0.5, 0.6) is 5.75 Å². The number of phenols is 1. The largest absolute Gasteiger partial charge is 0.505 e. The van der Waals surface area contributed by atoms with Crippen molar-refractivity contribution in [3.05, 3.63) is 97.6 Å². The second kappa shape index (κ2) is 10.3. The van der Waals surface area contributed by atoms with E-state index in [1.807, 2.05) is 50.2 Å². The topological polar surface area (TPSA) is 131 Å². The fourth-order valence-corrected chi connectivity index (χ4v) is 4.96. The van der Waals surface area contributed by atoms with E-state index in [1.165, 1.54) is 6.07 Å². The maximum atomic E-state index is 11.6. The van der Waals surface area contributed by atoms with Crippen LogP contribution in [0.25, 0.3) is 0 Å². The van der Waals surface area contributed by atoms with E-state index in [9.17, 15) is 25.3 Å². The predicted octanol–water partition coefficient (Wildman–Crippen LogP) is 8.66. The zero-order valence-electron chi connectivity index (χ0n) is 22.8. The maximum absolute atomic E-state index is 11.6. The van der Waals surface area contributed by atoms with Crippen LogP contribution in [-0.2, 0) is 10.8 Å². The van der Waals surface area contributed by atoms with Gasteiger partial charge in [-0.1, -0.05) is 84.9 Å². The Hall–Kier alpha value is -4.14. The molecule has 0 amide bonds. The smallest absolute Gasteiger partial charge is 0.303 e. The second-order valence-corrected chi connectivity index (χ2v) is 11.9. The lowest BCUT2D eigenvalue weighted by molar-refractivity contribution is -0.393. The molecule has 0 saturated heterocycles. The summed E-state index contributed by atoms with van der Waals surface area (Å²) in [7, 11) is 0. The zero-order valence-corrected chi connectivity index (χ0v) is 22.8. The van der Waals surface area contributed by atoms with Crippen molar-refractivity contribution in [2.24, 2.45) is 15.6 Å².